The van der Waals surface area contributed by atoms with Crippen LogP contribution in [0.4, 0.5) is 0 Å². The highest BCUT2D eigenvalue weighted by molar-refractivity contribution is 6.12. The lowest BCUT2D eigenvalue weighted by atomic mass is 9.66. The summed E-state index contributed by atoms with van der Waals surface area (Å²) in [5.41, 5.74) is 0.732. The van der Waals surface area contributed by atoms with Crippen molar-refractivity contribution < 1.29 is 5.11 Å². The quantitative estimate of drug-likeness (QED) is 0.497. The second kappa shape index (κ2) is 8.54. The van der Waals surface area contributed by atoms with Gasteiger partial charge in [0.2, 0.25) is 0 Å². The number of aliphatic imine (C=N–C) groups is 2. The normalized spacial score (nSPS) is 23.3. The van der Waals surface area contributed by atoms with Gasteiger partial charge in [-0.1, -0.05) is 59.7 Å². The number of phenolic OH excluding ortho intramolecular Hbond substituents is 1. The zero-order valence-corrected chi connectivity index (χ0v) is 22.1. The van der Waals surface area contributed by atoms with Crippen LogP contribution in [0.1, 0.15) is 64.3 Å². The highest BCUT2D eigenvalue weighted by Crippen LogP contribution is 2.55. The molecule has 2 unspecified atom stereocenters. The Balaban J connectivity index is 1.70. The fourth-order valence-corrected chi connectivity index (χ4v) is 5.16. The lowest BCUT2D eigenvalue weighted by molar-refractivity contribution is 0.231. The standard InChI is InChI=1S/C30H32N6O/c1-27(2,3)29(16-20(18-35-29)25-31-12-8-13-32-25)22-10-7-11-23(24(22)37)30(28(4,5)6)17-21(19-36-30)26-33-14-9-15-34-26/h7-19,37H,1-6H3. The Morgan fingerprint density at radius 2 is 0.973 bits per heavy atom. The zero-order chi connectivity index (χ0) is 26.5. The van der Waals surface area contributed by atoms with E-state index in [1.54, 1.807) is 36.9 Å². The molecule has 7 nitrogen and oxygen atoms in total. The van der Waals surface area contributed by atoms with E-state index in [2.05, 4.69) is 73.6 Å². The van der Waals surface area contributed by atoms with Gasteiger partial charge in [0.1, 0.15) is 16.8 Å². The Hall–Kier alpha value is -4.00. The van der Waals surface area contributed by atoms with Gasteiger partial charge in [0.15, 0.2) is 11.6 Å². The van der Waals surface area contributed by atoms with Crippen LogP contribution in [0.3, 0.4) is 0 Å². The highest BCUT2D eigenvalue weighted by atomic mass is 16.3. The molecule has 0 amide bonds. The van der Waals surface area contributed by atoms with Crippen LogP contribution in [0.2, 0.25) is 0 Å². The summed E-state index contributed by atoms with van der Waals surface area (Å²) in [6.45, 7) is 12.7. The van der Waals surface area contributed by atoms with Gasteiger partial charge < -0.3 is 5.11 Å². The summed E-state index contributed by atoms with van der Waals surface area (Å²) in [5, 5.41) is 12.0. The van der Waals surface area contributed by atoms with Crippen molar-refractivity contribution in [3.8, 4) is 5.75 Å². The molecule has 1 aromatic carbocycles. The van der Waals surface area contributed by atoms with Crippen molar-refractivity contribution in [2.75, 3.05) is 0 Å². The first-order valence-electron chi connectivity index (χ1n) is 12.4. The molecule has 0 radical (unpaired) electrons. The van der Waals surface area contributed by atoms with E-state index in [9.17, 15) is 5.11 Å². The number of benzene rings is 1. The molecule has 188 valence electrons. The van der Waals surface area contributed by atoms with Crippen molar-refractivity contribution in [1.82, 2.24) is 19.9 Å². The summed E-state index contributed by atoms with van der Waals surface area (Å²) in [6, 6.07) is 9.46. The third-order valence-corrected chi connectivity index (χ3v) is 7.34. The van der Waals surface area contributed by atoms with Crippen molar-refractivity contribution in [1.29, 1.82) is 0 Å². The van der Waals surface area contributed by atoms with Crippen molar-refractivity contribution >= 4 is 23.6 Å². The number of aromatic nitrogens is 4. The van der Waals surface area contributed by atoms with E-state index in [4.69, 9.17) is 9.98 Å². The maximum atomic E-state index is 12.0. The Bertz CT molecular complexity index is 1340. The van der Waals surface area contributed by atoms with Crippen LogP contribution in [0.15, 0.2) is 77.3 Å². The molecule has 5 rings (SSSR count). The molecule has 0 spiro atoms. The predicted molar refractivity (Wildman–Crippen MR) is 147 cm³/mol. The number of para-hydroxylation sites is 1. The van der Waals surface area contributed by atoms with Gasteiger partial charge in [-0.25, -0.2) is 19.9 Å². The van der Waals surface area contributed by atoms with Crippen molar-refractivity contribution in [2.45, 2.75) is 52.6 Å². The molecule has 0 saturated heterocycles. The van der Waals surface area contributed by atoms with E-state index < -0.39 is 11.1 Å². The number of allylic oxidation sites excluding steroid dienone is 2. The summed E-state index contributed by atoms with van der Waals surface area (Å²) in [7, 11) is 0. The lowest BCUT2D eigenvalue weighted by Crippen LogP contribution is -2.38. The van der Waals surface area contributed by atoms with Crippen LogP contribution in [-0.2, 0) is 11.1 Å². The third kappa shape index (κ3) is 3.89. The monoisotopic (exact) mass is 492 g/mol. The number of hydrogen-bond donors (Lipinski definition) is 1. The Labute approximate surface area is 217 Å². The molecule has 2 aromatic heterocycles. The molecule has 0 bridgehead atoms. The van der Waals surface area contributed by atoms with E-state index in [-0.39, 0.29) is 16.6 Å². The summed E-state index contributed by atoms with van der Waals surface area (Å²) in [5.74, 6) is 1.39. The number of nitrogens with zero attached hydrogens (tertiary/aromatic N) is 6. The minimum Gasteiger partial charge on any atom is -0.507 e. The topological polar surface area (TPSA) is 96.5 Å². The van der Waals surface area contributed by atoms with Crippen molar-refractivity contribution in [2.24, 2.45) is 20.8 Å². The molecular weight excluding hydrogens is 460 g/mol. The van der Waals surface area contributed by atoms with E-state index >= 15 is 0 Å². The average Bonchev–Trinajstić information content (AvgIpc) is 3.52. The highest BCUT2D eigenvalue weighted by Gasteiger charge is 2.50. The molecule has 3 aromatic rings. The second-order valence-corrected chi connectivity index (χ2v) is 11.6. The average molecular weight is 493 g/mol. The van der Waals surface area contributed by atoms with Crippen LogP contribution in [0.25, 0.3) is 11.1 Å². The Morgan fingerprint density at radius 3 is 1.32 bits per heavy atom. The van der Waals surface area contributed by atoms with Gasteiger partial charge in [0.05, 0.1) is 0 Å². The molecule has 2 atom stereocenters. The summed E-state index contributed by atoms with van der Waals surface area (Å²) in [4.78, 5) is 27.7. The summed E-state index contributed by atoms with van der Waals surface area (Å²) < 4.78 is 0. The molecule has 7 heteroatoms. The Morgan fingerprint density at radius 1 is 0.595 bits per heavy atom. The summed E-state index contributed by atoms with van der Waals surface area (Å²) in [6.07, 6.45) is 14.6. The zero-order valence-electron chi connectivity index (χ0n) is 22.1. The molecule has 4 heterocycles. The van der Waals surface area contributed by atoms with Crippen molar-refractivity contribution in [3.05, 3.63) is 90.0 Å². The molecule has 1 N–H and O–H groups in total. The van der Waals surface area contributed by atoms with Gasteiger partial charge in [0.25, 0.3) is 0 Å². The smallest absolute Gasteiger partial charge is 0.160 e. The van der Waals surface area contributed by atoms with Gasteiger partial charge in [-0.05, 0) is 35.1 Å². The van der Waals surface area contributed by atoms with Crippen LogP contribution in [0, 0.1) is 10.8 Å². The van der Waals surface area contributed by atoms with Gasteiger partial charge in [-0.2, -0.15) is 0 Å². The second-order valence-electron chi connectivity index (χ2n) is 11.6. The SMILES string of the molecule is CC(C)(C)C1(c2cccc(C3(C(C)(C)C)C=C(c4ncccn4)C=N3)c2O)C=C(c2ncccn2)C=N1. The van der Waals surface area contributed by atoms with Crippen LogP contribution in [0.5, 0.6) is 5.75 Å². The third-order valence-electron chi connectivity index (χ3n) is 7.34. The molecule has 2 aliphatic rings. The molecule has 0 fully saturated rings. The Kier molecular flexibility index (Phi) is 5.70. The molecule has 2 aliphatic heterocycles. The van der Waals surface area contributed by atoms with E-state index in [0.29, 0.717) is 11.6 Å². The fourth-order valence-electron chi connectivity index (χ4n) is 5.16. The lowest BCUT2D eigenvalue weighted by Gasteiger charge is -2.42. The maximum Gasteiger partial charge on any atom is 0.160 e. The first kappa shape index (κ1) is 24.7. The van der Waals surface area contributed by atoms with E-state index in [1.165, 1.54) is 0 Å². The van der Waals surface area contributed by atoms with Crippen molar-refractivity contribution in [3.63, 3.8) is 0 Å². The number of hydrogen-bond acceptors (Lipinski definition) is 7. The van der Waals surface area contributed by atoms with Crippen LogP contribution in [-0.4, -0.2) is 37.5 Å². The van der Waals surface area contributed by atoms with Gasteiger partial charge in [-0.15, -0.1) is 0 Å². The van der Waals surface area contributed by atoms with Gasteiger partial charge in [-0.3, -0.25) is 9.98 Å². The number of rotatable bonds is 4. The first-order valence-corrected chi connectivity index (χ1v) is 12.4. The van der Waals surface area contributed by atoms with Gasteiger partial charge in [0, 0.05) is 59.5 Å². The van der Waals surface area contributed by atoms with Gasteiger partial charge >= 0.3 is 0 Å². The molecule has 0 aliphatic carbocycles. The minimum atomic E-state index is -0.821. The largest absolute Gasteiger partial charge is 0.507 e. The fraction of sp³-hybridized carbons (Fsp3) is 0.333. The van der Waals surface area contributed by atoms with E-state index in [1.807, 2.05) is 30.6 Å². The minimum absolute atomic E-state index is 0.180. The van der Waals surface area contributed by atoms with E-state index in [0.717, 1.165) is 22.3 Å². The number of phenols is 1. The first-order chi connectivity index (χ1) is 17.5. The maximum absolute atomic E-state index is 12.0. The van der Waals surface area contributed by atoms with Crippen LogP contribution < -0.4 is 0 Å². The molecular formula is C30H32N6O. The van der Waals surface area contributed by atoms with Crippen LogP contribution >= 0.6 is 0 Å². The molecule has 0 saturated carbocycles. The predicted octanol–water partition coefficient (Wildman–Crippen LogP) is 5.79. The molecule has 37 heavy (non-hydrogen) atoms. The summed E-state index contributed by atoms with van der Waals surface area (Å²) >= 11 is 0. The number of aromatic hydroxyl groups is 1.